The molecule has 1 fully saturated rings. The fourth-order valence-electron chi connectivity index (χ4n) is 6.54. The molecule has 1 unspecified atom stereocenters. The van der Waals surface area contributed by atoms with Crippen LogP contribution in [0, 0.1) is 5.92 Å². The SMILES string of the molecule is CC(=O)/C=C(/O)[C@]12c3ccccc3C=C[C@H]1[C@@H](c1ccccc1)N(C)P2(=O)c1cccc2ccccc12. The standard InChI is InChI=1S/C32H28NO3P/c1-22(34)21-30(35)32-27-17-9-7-12-24(27)19-20-28(32)31(25-13-4-3-5-14-25)33(2)37(32,36)29-18-10-15-23-11-6-8-16-26(23)29/h3-21,28,31,35H,1-2H3/b30-21+/t28-,31+,32-,37?/m0/s1. The number of rotatable bonds is 4. The Balaban J connectivity index is 1.80. The van der Waals surface area contributed by atoms with Crippen LogP contribution < -0.4 is 5.30 Å². The van der Waals surface area contributed by atoms with Crippen LogP contribution in [-0.4, -0.2) is 22.6 Å². The van der Waals surface area contributed by atoms with Crippen LogP contribution in [0.15, 0.2) is 115 Å². The van der Waals surface area contributed by atoms with Crippen molar-refractivity contribution in [2.45, 2.75) is 18.1 Å². The third kappa shape index (κ3) is 3.19. The molecule has 1 aliphatic carbocycles. The summed E-state index contributed by atoms with van der Waals surface area (Å²) in [4.78, 5) is 12.4. The molecule has 1 N–H and O–H groups in total. The number of hydrogen-bond acceptors (Lipinski definition) is 3. The molecule has 0 radical (unpaired) electrons. The minimum Gasteiger partial charge on any atom is -0.511 e. The molecule has 0 aromatic heterocycles. The van der Waals surface area contributed by atoms with Gasteiger partial charge in [0.05, 0.1) is 0 Å². The van der Waals surface area contributed by atoms with Gasteiger partial charge in [0.2, 0.25) is 0 Å². The van der Waals surface area contributed by atoms with Crippen LogP contribution in [0.5, 0.6) is 0 Å². The lowest BCUT2D eigenvalue weighted by Crippen LogP contribution is -2.39. The van der Waals surface area contributed by atoms with Crippen LogP contribution in [0.4, 0.5) is 0 Å². The van der Waals surface area contributed by atoms with Crippen molar-refractivity contribution < 1.29 is 14.5 Å². The van der Waals surface area contributed by atoms with E-state index in [1.165, 1.54) is 13.0 Å². The molecule has 0 spiro atoms. The Bertz CT molecular complexity index is 1640. The maximum atomic E-state index is 16.2. The number of benzene rings is 4. The van der Waals surface area contributed by atoms with Gasteiger partial charge in [0, 0.05) is 23.3 Å². The predicted molar refractivity (Wildman–Crippen MR) is 150 cm³/mol. The van der Waals surface area contributed by atoms with E-state index in [2.05, 4.69) is 12.2 Å². The maximum Gasteiger partial charge on any atom is 0.197 e. The Labute approximate surface area is 217 Å². The molecule has 1 aliphatic heterocycles. The molecule has 4 aromatic carbocycles. The summed E-state index contributed by atoms with van der Waals surface area (Å²) >= 11 is 0. The van der Waals surface area contributed by atoms with Crippen LogP contribution >= 0.6 is 7.29 Å². The third-order valence-corrected chi connectivity index (χ3v) is 11.9. The van der Waals surface area contributed by atoms with Crippen LogP contribution in [0.25, 0.3) is 16.8 Å². The summed E-state index contributed by atoms with van der Waals surface area (Å²) in [6.45, 7) is 1.42. The molecular weight excluding hydrogens is 477 g/mol. The molecule has 6 rings (SSSR count). The fraction of sp³-hybridized carbons (Fsp3) is 0.156. The number of allylic oxidation sites excluding steroid dienone is 2. The van der Waals surface area contributed by atoms with E-state index in [9.17, 15) is 9.90 Å². The predicted octanol–water partition coefficient (Wildman–Crippen LogP) is 7.00. The highest BCUT2D eigenvalue weighted by molar-refractivity contribution is 7.71. The normalized spacial score (nSPS) is 27.1. The van der Waals surface area contributed by atoms with Gasteiger partial charge in [-0.25, -0.2) is 4.67 Å². The van der Waals surface area contributed by atoms with E-state index in [0.717, 1.165) is 27.5 Å². The average molecular weight is 506 g/mol. The lowest BCUT2D eigenvalue weighted by Gasteiger charge is -2.42. The van der Waals surface area contributed by atoms with Gasteiger partial charge in [0.1, 0.15) is 10.9 Å². The minimum atomic E-state index is -3.68. The molecule has 0 bridgehead atoms. The molecule has 1 heterocycles. The van der Waals surface area contributed by atoms with Gasteiger partial charge in [-0.1, -0.05) is 103 Å². The Morgan fingerprint density at radius 1 is 0.919 bits per heavy atom. The molecular formula is C32H28NO3P. The largest absolute Gasteiger partial charge is 0.511 e. The Hall–Kier alpha value is -3.72. The van der Waals surface area contributed by atoms with Crippen molar-refractivity contribution in [1.29, 1.82) is 0 Å². The smallest absolute Gasteiger partial charge is 0.197 e. The molecule has 37 heavy (non-hydrogen) atoms. The second-order valence-corrected chi connectivity index (χ2v) is 12.9. The number of hydrogen-bond donors (Lipinski definition) is 1. The summed E-state index contributed by atoms with van der Waals surface area (Å²) in [6.07, 6.45) is 5.40. The van der Waals surface area contributed by atoms with E-state index in [0.29, 0.717) is 5.30 Å². The highest BCUT2D eigenvalue weighted by atomic mass is 31.2. The Morgan fingerprint density at radius 3 is 2.38 bits per heavy atom. The molecule has 0 saturated carbocycles. The van der Waals surface area contributed by atoms with Gasteiger partial charge < -0.3 is 5.11 Å². The third-order valence-electron chi connectivity index (χ3n) is 7.97. The minimum absolute atomic E-state index is 0.150. The van der Waals surface area contributed by atoms with Crippen molar-refractivity contribution in [3.8, 4) is 0 Å². The summed E-state index contributed by atoms with van der Waals surface area (Å²) in [5, 5.41) is 13.2. The first kappa shape index (κ1) is 23.7. The van der Waals surface area contributed by atoms with Gasteiger partial charge in [0.15, 0.2) is 13.1 Å². The summed E-state index contributed by atoms with van der Waals surface area (Å²) in [7, 11) is -1.78. The van der Waals surface area contributed by atoms with Gasteiger partial charge in [-0.15, -0.1) is 0 Å². The van der Waals surface area contributed by atoms with E-state index in [1.54, 1.807) is 0 Å². The van der Waals surface area contributed by atoms with Gasteiger partial charge in [-0.05, 0) is 47.5 Å². The van der Waals surface area contributed by atoms with Crippen molar-refractivity contribution in [3.05, 3.63) is 132 Å². The quantitative estimate of drug-likeness (QED) is 0.184. The maximum absolute atomic E-state index is 16.2. The number of ketones is 1. The first-order valence-corrected chi connectivity index (χ1v) is 14.1. The highest BCUT2D eigenvalue weighted by Crippen LogP contribution is 2.80. The van der Waals surface area contributed by atoms with Crippen LogP contribution in [0.2, 0.25) is 0 Å². The lowest BCUT2D eigenvalue weighted by molar-refractivity contribution is -0.112. The highest BCUT2D eigenvalue weighted by Gasteiger charge is 2.69. The van der Waals surface area contributed by atoms with Crippen LogP contribution in [0.3, 0.4) is 0 Å². The van der Waals surface area contributed by atoms with E-state index in [-0.39, 0.29) is 23.5 Å². The van der Waals surface area contributed by atoms with Crippen LogP contribution in [0.1, 0.15) is 29.7 Å². The second kappa shape index (κ2) is 8.69. The van der Waals surface area contributed by atoms with Gasteiger partial charge in [-0.2, -0.15) is 0 Å². The molecule has 184 valence electrons. The molecule has 4 nitrogen and oxygen atoms in total. The van der Waals surface area contributed by atoms with Crippen molar-refractivity contribution in [2.75, 3.05) is 7.05 Å². The fourth-order valence-corrected chi connectivity index (χ4v) is 10.7. The summed E-state index contributed by atoms with van der Waals surface area (Å²) in [5.41, 5.74) is 2.68. The first-order valence-electron chi connectivity index (χ1n) is 12.5. The number of carbonyl (C=O) groups excluding carboxylic acids is 1. The number of fused-ring (bicyclic) bond motifs is 4. The number of aliphatic hydroxyl groups is 1. The molecule has 0 amide bonds. The first-order chi connectivity index (χ1) is 17.9. The number of nitrogens with zero attached hydrogens (tertiary/aromatic N) is 1. The van der Waals surface area contributed by atoms with E-state index >= 15 is 4.57 Å². The van der Waals surface area contributed by atoms with E-state index < -0.39 is 12.4 Å². The second-order valence-electron chi connectivity index (χ2n) is 9.88. The molecule has 1 saturated heterocycles. The number of carbonyl (C=O) groups is 1. The van der Waals surface area contributed by atoms with Gasteiger partial charge >= 0.3 is 0 Å². The van der Waals surface area contributed by atoms with E-state index in [1.807, 2.05) is 109 Å². The summed E-state index contributed by atoms with van der Waals surface area (Å²) in [5.74, 6) is -0.813. The molecule has 4 aromatic rings. The zero-order chi connectivity index (χ0) is 25.8. The van der Waals surface area contributed by atoms with Gasteiger partial charge in [0.25, 0.3) is 0 Å². The average Bonchev–Trinajstić information content (AvgIpc) is 3.13. The zero-order valence-corrected chi connectivity index (χ0v) is 21.7. The van der Waals surface area contributed by atoms with Crippen molar-refractivity contribution >= 4 is 35.2 Å². The topological polar surface area (TPSA) is 57.6 Å². The summed E-state index contributed by atoms with van der Waals surface area (Å²) in [6, 6.07) is 31.3. The summed E-state index contributed by atoms with van der Waals surface area (Å²) < 4.78 is 18.2. The Morgan fingerprint density at radius 2 is 1.59 bits per heavy atom. The zero-order valence-electron chi connectivity index (χ0n) is 20.8. The number of aliphatic hydroxyl groups excluding tert-OH is 1. The van der Waals surface area contributed by atoms with Gasteiger partial charge in [-0.3, -0.25) is 9.36 Å². The van der Waals surface area contributed by atoms with Crippen LogP contribution in [-0.2, 0) is 14.5 Å². The van der Waals surface area contributed by atoms with Crippen molar-refractivity contribution in [2.24, 2.45) is 5.92 Å². The lowest BCUT2D eigenvalue weighted by atomic mass is 9.72. The molecule has 5 heteroatoms. The monoisotopic (exact) mass is 505 g/mol. The Kier molecular flexibility index (Phi) is 5.56. The van der Waals surface area contributed by atoms with Crippen molar-refractivity contribution in [3.63, 3.8) is 0 Å². The molecule has 2 aliphatic rings. The van der Waals surface area contributed by atoms with Crippen molar-refractivity contribution in [1.82, 2.24) is 4.67 Å². The molecule has 4 atom stereocenters. The van der Waals surface area contributed by atoms with E-state index in [4.69, 9.17) is 0 Å².